The number of aromatic hydroxyl groups is 2. The minimum Gasteiger partial charge on any atom is -0.508 e. The van der Waals surface area contributed by atoms with Gasteiger partial charge in [0.05, 0.1) is 0 Å². The summed E-state index contributed by atoms with van der Waals surface area (Å²) in [5.41, 5.74) is 2.88. The Morgan fingerprint density at radius 1 is 0.529 bits per heavy atom. The Morgan fingerprint density at radius 3 is 1.24 bits per heavy atom. The van der Waals surface area contributed by atoms with Crippen molar-refractivity contribution < 1.29 is 10.2 Å². The van der Waals surface area contributed by atoms with Crippen LogP contribution in [-0.2, 0) is 0 Å². The highest BCUT2D eigenvalue weighted by atomic mass is 35.5. The van der Waals surface area contributed by atoms with E-state index >= 15 is 0 Å². The van der Waals surface area contributed by atoms with E-state index in [0.29, 0.717) is 21.2 Å². The molecule has 6 heteroatoms. The maximum absolute atomic E-state index is 10.7. The third-order valence-corrected chi connectivity index (χ3v) is 5.82. The van der Waals surface area contributed by atoms with Crippen LogP contribution in [0.25, 0.3) is 0 Å². The standard InChI is InChI=1S/C28H22Cl2N2O2/c29-21-13-9-19(10-14-21)17-31-27(23-5-1-3-7-25(23)33)28(24-6-2-4-8-26(24)34)32-18-20-11-15-22(30)16-12-20/h1-18,27-28,33-34H/t27-,28+. The van der Waals surface area contributed by atoms with E-state index in [4.69, 9.17) is 33.2 Å². The quantitative estimate of drug-likeness (QED) is 0.265. The lowest BCUT2D eigenvalue weighted by Gasteiger charge is -2.23. The minimum atomic E-state index is -0.617. The molecule has 0 aliphatic heterocycles. The molecule has 0 aromatic heterocycles. The molecule has 34 heavy (non-hydrogen) atoms. The van der Waals surface area contributed by atoms with E-state index in [2.05, 4.69) is 0 Å². The molecule has 2 N–H and O–H groups in total. The highest BCUT2D eigenvalue weighted by Gasteiger charge is 2.27. The smallest absolute Gasteiger partial charge is 0.121 e. The Balaban J connectivity index is 1.82. The second-order valence-corrected chi connectivity index (χ2v) is 8.54. The Bertz CT molecular complexity index is 1200. The van der Waals surface area contributed by atoms with Gasteiger partial charge in [-0.1, -0.05) is 83.9 Å². The fourth-order valence-corrected chi connectivity index (χ4v) is 3.82. The fourth-order valence-electron chi connectivity index (χ4n) is 3.57. The molecule has 0 unspecified atom stereocenters. The molecule has 170 valence electrons. The summed E-state index contributed by atoms with van der Waals surface area (Å²) in [6.45, 7) is 0. The van der Waals surface area contributed by atoms with Gasteiger partial charge in [0.15, 0.2) is 0 Å². The zero-order chi connectivity index (χ0) is 23.9. The van der Waals surface area contributed by atoms with Gasteiger partial charge in [-0.2, -0.15) is 0 Å². The number of phenolic OH excluding ortho intramolecular Hbond substituents is 2. The van der Waals surface area contributed by atoms with Crippen molar-refractivity contribution >= 4 is 35.6 Å². The van der Waals surface area contributed by atoms with Crippen molar-refractivity contribution in [1.29, 1.82) is 0 Å². The number of aliphatic imine (C=N–C) groups is 2. The van der Waals surface area contributed by atoms with Gasteiger partial charge in [0, 0.05) is 33.6 Å². The van der Waals surface area contributed by atoms with E-state index in [0.717, 1.165) is 11.1 Å². The molecule has 0 heterocycles. The molecule has 4 nitrogen and oxygen atoms in total. The number of hydrogen-bond acceptors (Lipinski definition) is 4. The van der Waals surface area contributed by atoms with Crippen molar-refractivity contribution in [3.63, 3.8) is 0 Å². The molecule has 0 radical (unpaired) electrons. The summed E-state index contributed by atoms with van der Waals surface area (Å²) in [5, 5.41) is 22.6. The van der Waals surface area contributed by atoms with Crippen molar-refractivity contribution in [2.45, 2.75) is 12.1 Å². The Morgan fingerprint density at radius 2 is 0.882 bits per heavy atom. The SMILES string of the molecule is Oc1ccccc1[C@@H](N=Cc1ccc(Cl)cc1)[C@@H](N=Cc1ccc(Cl)cc1)c1ccccc1O. The van der Waals surface area contributed by atoms with Gasteiger partial charge in [-0.25, -0.2) is 0 Å². The van der Waals surface area contributed by atoms with Crippen LogP contribution < -0.4 is 0 Å². The van der Waals surface area contributed by atoms with Gasteiger partial charge in [-0.05, 0) is 47.5 Å². The molecular formula is C28H22Cl2N2O2. The van der Waals surface area contributed by atoms with Crippen LogP contribution in [0.4, 0.5) is 0 Å². The molecule has 0 saturated carbocycles. The van der Waals surface area contributed by atoms with Gasteiger partial charge in [0.25, 0.3) is 0 Å². The molecule has 0 fully saturated rings. The molecular weight excluding hydrogens is 467 g/mol. The second kappa shape index (κ2) is 11.0. The van der Waals surface area contributed by atoms with Crippen LogP contribution in [0, 0.1) is 0 Å². The largest absolute Gasteiger partial charge is 0.508 e. The fraction of sp³-hybridized carbons (Fsp3) is 0.0714. The maximum Gasteiger partial charge on any atom is 0.121 e. The number of nitrogens with zero attached hydrogens (tertiary/aromatic N) is 2. The minimum absolute atomic E-state index is 0.0999. The third kappa shape index (κ3) is 5.84. The highest BCUT2D eigenvalue weighted by Crippen LogP contribution is 2.41. The lowest BCUT2D eigenvalue weighted by Crippen LogP contribution is -2.10. The topological polar surface area (TPSA) is 65.2 Å². The average Bonchev–Trinajstić information content (AvgIpc) is 2.84. The molecule has 0 amide bonds. The predicted octanol–water partition coefficient (Wildman–Crippen LogP) is 7.43. The van der Waals surface area contributed by atoms with Gasteiger partial charge in [0.2, 0.25) is 0 Å². The van der Waals surface area contributed by atoms with Gasteiger partial charge < -0.3 is 10.2 Å². The van der Waals surface area contributed by atoms with E-state index < -0.39 is 12.1 Å². The number of benzene rings is 4. The van der Waals surface area contributed by atoms with Crippen molar-refractivity contribution in [2.24, 2.45) is 9.98 Å². The van der Waals surface area contributed by atoms with Gasteiger partial charge in [0.1, 0.15) is 23.6 Å². The molecule has 0 saturated heterocycles. The molecule has 2 atom stereocenters. The van der Waals surface area contributed by atoms with Crippen molar-refractivity contribution in [3.05, 3.63) is 129 Å². The monoisotopic (exact) mass is 488 g/mol. The average molecular weight is 489 g/mol. The van der Waals surface area contributed by atoms with Gasteiger partial charge in [-0.3, -0.25) is 9.98 Å². The number of rotatable bonds is 7. The molecule has 4 aromatic carbocycles. The summed E-state index contributed by atoms with van der Waals surface area (Å²) in [6, 6.07) is 27.4. The summed E-state index contributed by atoms with van der Waals surface area (Å²) < 4.78 is 0. The van der Waals surface area contributed by atoms with Crippen molar-refractivity contribution in [3.8, 4) is 11.5 Å². The third-order valence-electron chi connectivity index (χ3n) is 5.32. The number of halogens is 2. The zero-order valence-corrected chi connectivity index (χ0v) is 19.6. The zero-order valence-electron chi connectivity index (χ0n) is 18.1. The first-order valence-corrected chi connectivity index (χ1v) is 11.4. The summed E-state index contributed by atoms with van der Waals surface area (Å²) in [7, 11) is 0. The molecule has 0 spiro atoms. The van der Waals surface area contributed by atoms with Crippen molar-refractivity contribution in [1.82, 2.24) is 0 Å². The van der Waals surface area contributed by atoms with Crippen LogP contribution in [0.2, 0.25) is 10.0 Å². The summed E-state index contributed by atoms with van der Waals surface area (Å²) >= 11 is 12.0. The first kappa shape index (κ1) is 23.6. The van der Waals surface area contributed by atoms with E-state index in [1.807, 2.05) is 48.5 Å². The number of phenols is 2. The highest BCUT2D eigenvalue weighted by molar-refractivity contribution is 6.30. The van der Waals surface area contributed by atoms with Gasteiger partial charge >= 0.3 is 0 Å². The summed E-state index contributed by atoms with van der Waals surface area (Å²) in [4.78, 5) is 9.65. The predicted molar refractivity (Wildman–Crippen MR) is 140 cm³/mol. The summed E-state index contributed by atoms with van der Waals surface area (Å²) in [5.74, 6) is 0.200. The number of hydrogen-bond donors (Lipinski definition) is 2. The molecule has 0 bridgehead atoms. The van der Waals surface area contributed by atoms with E-state index in [-0.39, 0.29) is 11.5 Å². The van der Waals surface area contributed by atoms with Crippen LogP contribution in [-0.4, -0.2) is 22.6 Å². The Kier molecular flexibility index (Phi) is 7.63. The van der Waals surface area contributed by atoms with Crippen LogP contribution >= 0.6 is 23.2 Å². The van der Waals surface area contributed by atoms with E-state index in [1.54, 1.807) is 61.0 Å². The Hall–Kier alpha value is -3.60. The van der Waals surface area contributed by atoms with Crippen LogP contribution in [0.1, 0.15) is 34.3 Å². The molecule has 0 aliphatic rings. The lowest BCUT2D eigenvalue weighted by atomic mass is 9.92. The molecule has 4 rings (SSSR count). The lowest BCUT2D eigenvalue weighted by molar-refractivity contribution is 0.438. The maximum atomic E-state index is 10.7. The van der Waals surface area contributed by atoms with Crippen LogP contribution in [0.3, 0.4) is 0 Å². The van der Waals surface area contributed by atoms with E-state index in [1.165, 1.54) is 0 Å². The first-order valence-electron chi connectivity index (χ1n) is 10.6. The van der Waals surface area contributed by atoms with Crippen LogP contribution in [0.15, 0.2) is 107 Å². The number of para-hydroxylation sites is 2. The first-order chi connectivity index (χ1) is 16.5. The van der Waals surface area contributed by atoms with Gasteiger partial charge in [-0.15, -0.1) is 0 Å². The normalized spacial score (nSPS) is 13.4. The Labute approximate surface area is 208 Å². The van der Waals surface area contributed by atoms with Crippen molar-refractivity contribution in [2.75, 3.05) is 0 Å². The molecule has 0 aliphatic carbocycles. The van der Waals surface area contributed by atoms with E-state index in [9.17, 15) is 10.2 Å². The van der Waals surface area contributed by atoms with Crippen LogP contribution in [0.5, 0.6) is 11.5 Å². The molecule has 4 aromatic rings. The summed E-state index contributed by atoms with van der Waals surface area (Å²) in [6.07, 6.45) is 3.44. The second-order valence-electron chi connectivity index (χ2n) is 7.67.